The second kappa shape index (κ2) is 8.99. The predicted octanol–water partition coefficient (Wildman–Crippen LogP) is 3.15. The average Bonchev–Trinajstić information content (AvgIpc) is 2.95. The number of amides is 1. The monoisotopic (exact) mass is 526 g/mol. The number of anilines is 1. The molecule has 1 amide bonds. The molecule has 1 aromatic carbocycles. The molecule has 3 aromatic rings. The lowest BCUT2D eigenvalue weighted by Crippen LogP contribution is -2.18. The number of carbonyl (C=O) groups is 2. The van der Waals surface area contributed by atoms with Crippen molar-refractivity contribution in [3.05, 3.63) is 55.0 Å². The van der Waals surface area contributed by atoms with E-state index in [1.807, 2.05) is 24.3 Å². The van der Waals surface area contributed by atoms with Gasteiger partial charge < -0.3 is 10.1 Å². The highest BCUT2D eigenvalue weighted by Gasteiger charge is 2.24. The second-order valence-electron chi connectivity index (χ2n) is 6.14. The number of nitrogens with one attached hydrogen (secondary N) is 2. The van der Waals surface area contributed by atoms with Crippen LogP contribution in [0, 0.1) is 17.4 Å². The van der Waals surface area contributed by atoms with E-state index in [1.54, 1.807) is 25.2 Å². The number of rotatable bonds is 6. The van der Waals surface area contributed by atoms with E-state index >= 15 is 0 Å². The highest BCUT2D eigenvalue weighted by atomic mass is 127. The van der Waals surface area contributed by atoms with Crippen molar-refractivity contribution < 1.29 is 14.3 Å². The highest BCUT2D eigenvalue weighted by molar-refractivity contribution is 14.1. The van der Waals surface area contributed by atoms with E-state index in [0.717, 1.165) is 9.26 Å². The molecule has 0 fully saturated rings. The summed E-state index contributed by atoms with van der Waals surface area (Å²) >= 11 is 3.32. The number of benzene rings is 1. The van der Waals surface area contributed by atoms with Crippen LogP contribution >= 0.6 is 34.4 Å². The molecule has 152 valence electrons. The Bertz CT molecular complexity index is 1160. The molecule has 0 saturated carbocycles. The number of halogens is 1. The molecule has 0 bridgehead atoms. The standard InChI is InChI=1S/C19H19IN4O4S/c1-4-28-18(27)15-10(2)16-17(26)22-23-19(24(16)11(15)3)29-9-14(25)21-13-8-6-5-7-12(13)20/h5-8H,4,9H2,1-3H3,(H,21,25)(H,22,26). The Morgan fingerprint density at radius 1 is 1.31 bits per heavy atom. The Morgan fingerprint density at radius 3 is 2.72 bits per heavy atom. The first kappa shape index (κ1) is 21.4. The molecule has 0 radical (unpaired) electrons. The van der Waals surface area contributed by atoms with Gasteiger partial charge in [0.25, 0.3) is 5.56 Å². The number of esters is 1. The minimum absolute atomic E-state index is 0.0878. The normalized spacial score (nSPS) is 10.9. The average molecular weight is 526 g/mol. The topological polar surface area (TPSA) is 106 Å². The smallest absolute Gasteiger partial charge is 0.340 e. The fourth-order valence-electron chi connectivity index (χ4n) is 3.03. The summed E-state index contributed by atoms with van der Waals surface area (Å²) in [6, 6.07) is 7.47. The third kappa shape index (κ3) is 4.32. The highest BCUT2D eigenvalue weighted by Crippen LogP contribution is 2.26. The lowest BCUT2D eigenvalue weighted by molar-refractivity contribution is -0.113. The maximum Gasteiger partial charge on any atom is 0.340 e. The number of nitrogens with zero attached hydrogens (tertiary/aromatic N) is 2. The molecule has 0 unspecified atom stereocenters. The van der Waals surface area contributed by atoms with Crippen molar-refractivity contribution >= 4 is 57.4 Å². The SMILES string of the molecule is CCOC(=O)c1c(C)c2c(=O)[nH]nc(SCC(=O)Nc3ccccc3I)n2c1C. The van der Waals surface area contributed by atoms with E-state index in [2.05, 4.69) is 38.1 Å². The number of ether oxygens (including phenoxy) is 1. The van der Waals surface area contributed by atoms with Gasteiger partial charge in [-0.05, 0) is 61.1 Å². The fourth-order valence-corrected chi connectivity index (χ4v) is 4.35. The number of H-pyrrole nitrogens is 1. The van der Waals surface area contributed by atoms with Crippen LogP contribution in [0.2, 0.25) is 0 Å². The van der Waals surface area contributed by atoms with Gasteiger partial charge in [-0.25, -0.2) is 9.89 Å². The molecule has 2 heterocycles. The Hall–Kier alpha value is -2.34. The molecule has 2 aromatic heterocycles. The van der Waals surface area contributed by atoms with Gasteiger partial charge in [0.15, 0.2) is 5.16 Å². The van der Waals surface area contributed by atoms with Crippen LogP contribution in [0.15, 0.2) is 34.2 Å². The van der Waals surface area contributed by atoms with E-state index < -0.39 is 11.5 Å². The minimum Gasteiger partial charge on any atom is -0.462 e. The summed E-state index contributed by atoms with van der Waals surface area (Å²) in [5.41, 5.74) is 2.06. The minimum atomic E-state index is -0.488. The van der Waals surface area contributed by atoms with Gasteiger partial charge in [0.2, 0.25) is 5.91 Å². The van der Waals surface area contributed by atoms with E-state index in [9.17, 15) is 14.4 Å². The largest absolute Gasteiger partial charge is 0.462 e. The van der Waals surface area contributed by atoms with Crippen molar-refractivity contribution in [2.45, 2.75) is 25.9 Å². The van der Waals surface area contributed by atoms with Crippen LogP contribution < -0.4 is 10.9 Å². The summed E-state index contributed by atoms with van der Waals surface area (Å²) in [6.07, 6.45) is 0. The number of aromatic nitrogens is 3. The summed E-state index contributed by atoms with van der Waals surface area (Å²) in [4.78, 5) is 37.0. The molecule has 2 N–H and O–H groups in total. The first-order valence-electron chi connectivity index (χ1n) is 8.79. The van der Waals surface area contributed by atoms with Crippen molar-refractivity contribution in [1.29, 1.82) is 0 Å². The van der Waals surface area contributed by atoms with Gasteiger partial charge in [0.05, 0.1) is 23.6 Å². The number of hydrogen-bond donors (Lipinski definition) is 2. The van der Waals surface area contributed by atoms with Gasteiger partial charge in [-0.15, -0.1) is 5.10 Å². The summed E-state index contributed by atoms with van der Waals surface area (Å²) in [7, 11) is 0. The molecule has 0 aliphatic carbocycles. The van der Waals surface area contributed by atoms with Gasteiger partial charge in [-0.3, -0.25) is 14.0 Å². The third-order valence-electron chi connectivity index (χ3n) is 4.27. The van der Waals surface area contributed by atoms with Crippen molar-refractivity contribution in [3.8, 4) is 0 Å². The molecule has 10 heteroatoms. The Kier molecular flexibility index (Phi) is 6.63. The zero-order valence-corrected chi connectivity index (χ0v) is 19.0. The first-order chi connectivity index (χ1) is 13.8. The maximum atomic E-state index is 12.4. The number of aryl methyl sites for hydroxylation is 2. The van der Waals surface area contributed by atoms with Gasteiger partial charge in [-0.1, -0.05) is 23.9 Å². The zero-order valence-electron chi connectivity index (χ0n) is 16.0. The van der Waals surface area contributed by atoms with Crippen LogP contribution in [0.5, 0.6) is 0 Å². The molecular weight excluding hydrogens is 507 g/mol. The van der Waals surface area contributed by atoms with Gasteiger partial charge in [0, 0.05) is 9.26 Å². The molecule has 0 aliphatic heterocycles. The fraction of sp³-hybridized carbons (Fsp3) is 0.263. The van der Waals surface area contributed by atoms with Crippen molar-refractivity contribution in [2.75, 3.05) is 17.7 Å². The molecular formula is C19H19IN4O4S. The van der Waals surface area contributed by atoms with Crippen LogP contribution in [-0.2, 0) is 9.53 Å². The second-order valence-corrected chi connectivity index (χ2v) is 8.25. The van der Waals surface area contributed by atoms with Crippen LogP contribution in [0.25, 0.3) is 5.52 Å². The van der Waals surface area contributed by atoms with E-state index in [-0.39, 0.29) is 18.3 Å². The number of thioether (sulfide) groups is 1. The Morgan fingerprint density at radius 2 is 2.03 bits per heavy atom. The number of aromatic amines is 1. The molecule has 0 spiro atoms. The number of fused-ring (bicyclic) bond motifs is 1. The first-order valence-corrected chi connectivity index (χ1v) is 10.9. The predicted molar refractivity (Wildman–Crippen MR) is 120 cm³/mol. The lowest BCUT2D eigenvalue weighted by Gasteiger charge is -2.08. The molecule has 0 saturated heterocycles. The van der Waals surface area contributed by atoms with Gasteiger partial charge in [-0.2, -0.15) is 0 Å². The number of para-hydroxylation sites is 1. The van der Waals surface area contributed by atoms with Gasteiger partial charge >= 0.3 is 5.97 Å². The molecule has 8 nitrogen and oxygen atoms in total. The third-order valence-corrected chi connectivity index (χ3v) is 6.15. The quantitative estimate of drug-likeness (QED) is 0.291. The Labute approximate surface area is 184 Å². The summed E-state index contributed by atoms with van der Waals surface area (Å²) in [6.45, 7) is 5.38. The maximum absolute atomic E-state index is 12.4. The number of carbonyl (C=O) groups excluding carboxylic acids is 2. The van der Waals surface area contributed by atoms with Crippen molar-refractivity contribution in [3.63, 3.8) is 0 Å². The number of hydrogen-bond acceptors (Lipinski definition) is 6. The van der Waals surface area contributed by atoms with Crippen LogP contribution in [-0.4, -0.2) is 38.8 Å². The van der Waals surface area contributed by atoms with Crippen molar-refractivity contribution in [1.82, 2.24) is 14.6 Å². The molecule has 29 heavy (non-hydrogen) atoms. The lowest BCUT2D eigenvalue weighted by atomic mass is 10.1. The van der Waals surface area contributed by atoms with Gasteiger partial charge in [0.1, 0.15) is 5.52 Å². The summed E-state index contributed by atoms with van der Waals surface area (Å²) in [5.74, 6) is -0.602. The van der Waals surface area contributed by atoms with E-state index in [0.29, 0.717) is 27.5 Å². The van der Waals surface area contributed by atoms with E-state index in [4.69, 9.17) is 4.74 Å². The zero-order chi connectivity index (χ0) is 21.1. The summed E-state index contributed by atoms with van der Waals surface area (Å²) < 4.78 is 7.65. The molecule has 0 aliphatic rings. The Balaban J connectivity index is 1.90. The van der Waals surface area contributed by atoms with Crippen molar-refractivity contribution in [2.24, 2.45) is 0 Å². The van der Waals surface area contributed by atoms with Crippen LogP contribution in [0.1, 0.15) is 28.5 Å². The van der Waals surface area contributed by atoms with Crippen LogP contribution in [0.4, 0.5) is 5.69 Å². The summed E-state index contributed by atoms with van der Waals surface area (Å²) in [5, 5.41) is 9.79. The van der Waals surface area contributed by atoms with Crippen LogP contribution in [0.3, 0.4) is 0 Å². The molecule has 3 rings (SSSR count). The molecule has 0 atom stereocenters. The van der Waals surface area contributed by atoms with E-state index in [1.165, 1.54) is 11.8 Å².